The average Bonchev–Trinajstić information content (AvgIpc) is 2.91. The summed E-state index contributed by atoms with van der Waals surface area (Å²) in [6.07, 6.45) is -0.125. The van der Waals surface area contributed by atoms with Crippen LogP contribution >= 0.6 is 0 Å². The Bertz CT molecular complexity index is 851. The Hall–Kier alpha value is -2.66. The van der Waals surface area contributed by atoms with Crippen LogP contribution in [0.1, 0.15) is 48.4 Å². The SMILES string of the molecule is COC1c2ccccc2-c2cc(C(=O)NCC(=O)OC(C)(C)C)ccc21. The normalized spacial score (nSPS) is 15.2. The van der Waals surface area contributed by atoms with Crippen molar-refractivity contribution in [3.63, 3.8) is 0 Å². The topological polar surface area (TPSA) is 64.6 Å². The first-order chi connectivity index (χ1) is 12.3. The summed E-state index contributed by atoms with van der Waals surface area (Å²) in [6.45, 7) is 5.20. The van der Waals surface area contributed by atoms with E-state index in [9.17, 15) is 9.59 Å². The van der Waals surface area contributed by atoms with Crippen LogP contribution in [0.15, 0.2) is 42.5 Å². The number of esters is 1. The van der Waals surface area contributed by atoms with Crippen molar-refractivity contribution in [2.24, 2.45) is 0 Å². The minimum atomic E-state index is -0.575. The van der Waals surface area contributed by atoms with Gasteiger partial charge in [0.2, 0.25) is 0 Å². The van der Waals surface area contributed by atoms with E-state index < -0.39 is 11.6 Å². The molecule has 1 atom stereocenters. The van der Waals surface area contributed by atoms with Gasteiger partial charge in [0.1, 0.15) is 18.2 Å². The van der Waals surface area contributed by atoms with Gasteiger partial charge in [0.25, 0.3) is 5.91 Å². The van der Waals surface area contributed by atoms with Gasteiger partial charge in [-0.2, -0.15) is 0 Å². The minimum absolute atomic E-state index is 0.125. The van der Waals surface area contributed by atoms with Gasteiger partial charge in [-0.15, -0.1) is 0 Å². The highest BCUT2D eigenvalue weighted by Crippen LogP contribution is 2.45. The number of hydrogen-bond donors (Lipinski definition) is 1. The van der Waals surface area contributed by atoms with Crippen LogP contribution in [0.2, 0.25) is 0 Å². The molecule has 3 rings (SSSR count). The lowest BCUT2D eigenvalue weighted by molar-refractivity contribution is -0.153. The summed E-state index contributed by atoms with van der Waals surface area (Å²) in [7, 11) is 1.68. The monoisotopic (exact) mass is 353 g/mol. The van der Waals surface area contributed by atoms with Crippen molar-refractivity contribution in [3.05, 3.63) is 59.2 Å². The Morgan fingerprint density at radius 1 is 1.04 bits per heavy atom. The number of carbonyl (C=O) groups excluding carboxylic acids is 2. The van der Waals surface area contributed by atoms with Crippen molar-refractivity contribution in [1.29, 1.82) is 0 Å². The minimum Gasteiger partial charge on any atom is -0.459 e. The maximum Gasteiger partial charge on any atom is 0.325 e. The van der Waals surface area contributed by atoms with Crippen LogP contribution in [0.4, 0.5) is 0 Å². The lowest BCUT2D eigenvalue weighted by Gasteiger charge is -2.19. The lowest BCUT2D eigenvalue weighted by atomic mass is 10.0. The molecule has 0 aliphatic heterocycles. The fraction of sp³-hybridized carbons (Fsp3) is 0.333. The van der Waals surface area contributed by atoms with Crippen LogP contribution in [0.5, 0.6) is 0 Å². The summed E-state index contributed by atoms with van der Waals surface area (Å²) in [5.41, 5.74) is 4.11. The largest absolute Gasteiger partial charge is 0.459 e. The number of methoxy groups -OCH3 is 1. The zero-order chi connectivity index (χ0) is 18.9. The molecule has 0 fully saturated rings. The van der Waals surface area contributed by atoms with Gasteiger partial charge < -0.3 is 14.8 Å². The third kappa shape index (κ3) is 3.63. The van der Waals surface area contributed by atoms with Crippen molar-refractivity contribution in [2.75, 3.05) is 13.7 Å². The van der Waals surface area contributed by atoms with E-state index >= 15 is 0 Å². The second kappa shape index (κ2) is 6.92. The van der Waals surface area contributed by atoms with Crippen LogP contribution in [-0.2, 0) is 14.3 Å². The zero-order valence-electron chi connectivity index (χ0n) is 15.5. The van der Waals surface area contributed by atoms with E-state index in [2.05, 4.69) is 5.32 Å². The van der Waals surface area contributed by atoms with E-state index in [1.165, 1.54) is 0 Å². The molecule has 0 bridgehead atoms. The van der Waals surface area contributed by atoms with Gasteiger partial charge in [-0.1, -0.05) is 30.3 Å². The van der Waals surface area contributed by atoms with Crippen molar-refractivity contribution < 1.29 is 19.1 Å². The molecule has 0 saturated heterocycles. The maximum atomic E-state index is 12.4. The summed E-state index contributed by atoms with van der Waals surface area (Å²) >= 11 is 0. The first kappa shape index (κ1) is 18.1. The van der Waals surface area contributed by atoms with Gasteiger partial charge >= 0.3 is 5.97 Å². The molecule has 1 N–H and O–H groups in total. The molecule has 2 aromatic carbocycles. The Morgan fingerprint density at radius 3 is 2.42 bits per heavy atom. The Balaban J connectivity index is 1.78. The lowest BCUT2D eigenvalue weighted by Crippen LogP contribution is -2.34. The first-order valence-corrected chi connectivity index (χ1v) is 8.56. The van der Waals surface area contributed by atoms with Crippen molar-refractivity contribution in [2.45, 2.75) is 32.5 Å². The predicted octanol–water partition coefficient (Wildman–Crippen LogP) is 3.47. The maximum absolute atomic E-state index is 12.4. The molecule has 1 amide bonds. The number of ether oxygens (including phenoxy) is 2. The van der Waals surface area contributed by atoms with Gasteiger partial charge in [-0.3, -0.25) is 9.59 Å². The molecule has 1 aliphatic rings. The Labute approximate surface area is 153 Å². The molecule has 0 saturated carbocycles. The summed E-state index contributed by atoms with van der Waals surface area (Å²) in [6, 6.07) is 13.5. The Kier molecular flexibility index (Phi) is 4.83. The molecule has 5 heteroatoms. The van der Waals surface area contributed by atoms with Crippen LogP contribution in [0.3, 0.4) is 0 Å². The van der Waals surface area contributed by atoms with Crippen molar-refractivity contribution in [1.82, 2.24) is 5.32 Å². The molecule has 136 valence electrons. The van der Waals surface area contributed by atoms with Crippen molar-refractivity contribution >= 4 is 11.9 Å². The number of nitrogens with one attached hydrogen (secondary N) is 1. The molecular formula is C21H23NO4. The average molecular weight is 353 g/mol. The number of carbonyl (C=O) groups is 2. The van der Waals surface area contributed by atoms with E-state index in [1.807, 2.05) is 36.4 Å². The van der Waals surface area contributed by atoms with Crippen LogP contribution < -0.4 is 5.32 Å². The Morgan fingerprint density at radius 2 is 1.73 bits per heavy atom. The third-order valence-electron chi connectivity index (χ3n) is 4.18. The van der Waals surface area contributed by atoms with E-state index in [0.29, 0.717) is 5.56 Å². The molecule has 1 unspecified atom stereocenters. The van der Waals surface area contributed by atoms with E-state index in [4.69, 9.17) is 9.47 Å². The zero-order valence-corrected chi connectivity index (χ0v) is 15.5. The van der Waals surface area contributed by atoms with Crippen molar-refractivity contribution in [3.8, 4) is 11.1 Å². The van der Waals surface area contributed by atoms with Crippen LogP contribution in [0.25, 0.3) is 11.1 Å². The van der Waals surface area contributed by atoms with Gasteiger partial charge in [0.15, 0.2) is 0 Å². The molecule has 0 radical (unpaired) electrons. The summed E-state index contributed by atoms with van der Waals surface area (Å²) in [5, 5.41) is 2.62. The van der Waals surface area contributed by atoms with Gasteiger partial charge in [-0.05, 0) is 55.2 Å². The molecule has 2 aromatic rings. The van der Waals surface area contributed by atoms with E-state index in [-0.39, 0.29) is 18.6 Å². The predicted molar refractivity (Wildman–Crippen MR) is 98.9 cm³/mol. The van der Waals surface area contributed by atoms with Gasteiger partial charge in [-0.25, -0.2) is 0 Å². The third-order valence-corrected chi connectivity index (χ3v) is 4.18. The number of rotatable bonds is 4. The fourth-order valence-electron chi connectivity index (χ4n) is 3.18. The summed E-state index contributed by atoms with van der Waals surface area (Å²) in [5.74, 6) is -0.770. The smallest absolute Gasteiger partial charge is 0.325 e. The quantitative estimate of drug-likeness (QED) is 0.855. The highest BCUT2D eigenvalue weighted by atomic mass is 16.6. The van der Waals surface area contributed by atoms with Crippen LogP contribution in [0, 0.1) is 0 Å². The molecule has 0 aromatic heterocycles. The number of fused-ring (bicyclic) bond motifs is 3. The summed E-state index contributed by atoms with van der Waals surface area (Å²) in [4.78, 5) is 24.2. The fourth-order valence-corrected chi connectivity index (χ4v) is 3.18. The molecule has 1 aliphatic carbocycles. The molecule has 26 heavy (non-hydrogen) atoms. The van der Waals surface area contributed by atoms with Crippen LogP contribution in [-0.4, -0.2) is 31.1 Å². The van der Waals surface area contributed by atoms with Gasteiger partial charge in [0.05, 0.1) is 0 Å². The van der Waals surface area contributed by atoms with E-state index in [0.717, 1.165) is 22.3 Å². The number of amides is 1. The highest BCUT2D eigenvalue weighted by Gasteiger charge is 2.29. The highest BCUT2D eigenvalue weighted by molar-refractivity contribution is 5.98. The number of hydrogen-bond acceptors (Lipinski definition) is 4. The van der Waals surface area contributed by atoms with Gasteiger partial charge in [0, 0.05) is 12.7 Å². The second-order valence-electron chi connectivity index (χ2n) is 7.27. The first-order valence-electron chi connectivity index (χ1n) is 8.56. The molecule has 5 nitrogen and oxygen atoms in total. The molecule has 0 heterocycles. The number of benzene rings is 2. The summed E-state index contributed by atoms with van der Waals surface area (Å²) < 4.78 is 10.8. The standard InChI is InChI=1S/C21H23NO4/c1-21(2,3)26-18(23)12-22-20(24)13-9-10-16-17(11-13)14-7-5-6-8-15(14)19(16)25-4/h5-11,19H,12H2,1-4H3,(H,22,24). The molecular weight excluding hydrogens is 330 g/mol. The van der Waals surface area contributed by atoms with E-state index in [1.54, 1.807) is 33.9 Å². The molecule has 0 spiro atoms. The second-order valence-corrected chi connectivity index (χ2v) is 7.27.